The normalized spacial score (nSPS) is 23.9. The number of rotatable bonds is 6. The van der Waals surface area contributed by atoms with Crippen LogP contribution in [0.25, 0.3) is 0 Å². The Morgan fingerprint density at radius 3 is 2.61 bits per heavy atom. The maximum Gasteiger partial charge on any atom is 0.317 e. The number of carboxylic acids is 1. The van der Waals surface area contributed by atoms with Crippen molar-refractivity contribution in [2.75, 3.05) is 20.2 Å². The average molecular weight is 258 g/mol. The molecule has 0 heterocycles. The van der Waals surface area contributed by atoms with Crippen molar-refractivity contribution >= 4 is 12.0 Å². The Bertz CT molecular complexity index is 302. The van der Waals surface area contributed by atoms with Crippen molar-refractivity contribution in [1.29, 1.82) is 0 Å². The zero-order valence-corrected chi connectivity index (χ0v) is 11.2. The number of carbonyl (C=O) groups excluding carboxylic acids is 1. The molecule has 0 radical (unpaired) electrons. The van der Waals surface area contributed by atoms with Crippen LogP contribution in [-0.2, 0) is 9.53 Å². The molecule has 0 aliphatic heterocycles. The lowest BCUT2D eigenvalue weighted by Crippen LogP contribution is -2.52. The van der Waals surface area contributed by atoms with E-state index >= 15 is 0 Å². The van der Waals surface area contributed by atoms with Crippen LogP contribution in [0.2, 0.25) is 0 Å². The number of amides is 2. The summed E-state index contributed by atoms with van der Waals surface area (Å²) < 4.78 is 5.40. The van der Waals surface area contributed by atoms with Gasteiger partial charge in [0.1, 0.15) is 0 Å². The summed E-state index contributed by atoms with van der Waals surface area (Å²) in [6, 6.07) is -0.0697. The highest BCUT2D eigenvalue weighted by atomic mass is 16.5. The second-order valence-electron chi connectivity index (χ2n) is 4.81. The van der Waals surface area contributed by atoms with Crippen LogP contribution in [0, 0.1) is 5.92 Å². The van der Waals surface area contributed by atoms with E-state index in [1.54, 1.807) is 14.0 Å². The van der Waals surface area contributed by atoms with Crippen molar-refractivity contribution in [2.45, 2.75) is 38.8 Å². The van der Waals surface area contributed by atoms with Gasteiger partial charge in [-0.1, -0.05) is 6.92 Å². The predicted octanol–water partition coefficient (Wildman–Crippen LogP) is 0.916. The number of hydrogen-bond donors (Lipinski definition) is 2. The molecule has 1 aliphatic carbocycles. The number of carbonyl (C=O) groups is 2. The quantitative estimate of drug-likeness (QED) is 0.742. The number of carboxylic acid groups (broad SMARTS) is 1. The zero-order valence-electron chi connectivity index (χ0n) is 11.2. The summed E-state index contributed by atoms with van der Waals surface area (Å²) in [6.07, 6.45) is 1.92. The van der Waals surface area contributed by atoms with Crippen molar-refractivity contribution in [2.24, 2.45) is 5.92 Å². The van der Waals surface area contributed by atoms with Crippen LogP contribution >= 0.6 is 0 Å². The smallest absolute Gasteiger partial charge is 0.317 e. The first-order valence-corrected chi connectivity index (χ1v) is 6.30. The molecule has 6 heteroatoms. The van der Waals surface area contributed by atoms with Gasteiger partial charge in [-0.3, -0.25) is 4.79 Å². The molecular weight excluding hydrogens is 236 g/mol. The summed E-state index contributed by atoms with van der Waals surface area (Å²) in [5.41, 5.74) is 0. The first kappa shape index (κ1) is 14.8. The van der Waals surface area contributed by atoms with Gasteiger partial charge in [0.15, 0.2) is 0 Å². The minimum Gasteiger partial charge on any atom is -0.481 e. The van der Waals surface area contributed by atoms with Gasteiger partial charge in [-0.15, -0.1) is 0 Å². The highest BCUT2D eigenvalue weighted by Gasteiger charge is 2.31. The van der Waals surface area contributed by atoms with Gasteiger partial charge in [0, 0.05) is 26.2 Å². The average Bonchev–Trinajstić information content (AvgIpc) is 2.25. The van der Waals surface area contributed by atoms with Gasteiger partial charge in [0.05, 0.1) is 12.0 Å². The Morgan fingerprint density at radius 1 is 1.50 bits per heavy atom. The molecule has 0 saturated heterocycles. The molecule has 1 unspecified atom stereocenters. The van der Waals surface area contributed by atoms with Crippen LogP contribution in [-0.4, -0.2) is 54.4 Å². The monoisotopic (exact) mass is 258 g/mol. The number of aliphatic carboxylic acids is 1. The summed E-state index contributed by atoms with van der Waals surface area (Å²) in [7, 11) is 1.60. The van der Waals surface area contributed by atoms with Crippen molar-refractivity contribution in [3.05, 3.63) is 0 Å². The molecule has 1 atom stereocenters. The van der Waals surface area contributed by atoms with Gasteiger partial charge in [-0.25, -0.2) is 4.79 Å². The van der Waals surface area contributed by atoms with Gasteiger partial charge in [0.2, 0.25) is 0 Å². The minimum atomic E-state index is -0.894. The Kier molecular flexibility index (Phi) is 5.40. The van der Waals surface area contributed by atoms with E-state index in [1.807, 2.05) is 6.92 Å². The molecule has 1 fully saturated rings. The Balaban J connectivity index is 2.23. The van der Waals surface area contributed by atoms with Crippen LogP contribution in [0.3, 0.4) is 0 Å². The van der Waals surface area contributed by atoms with Gasteiger partial charge in [-0.2, -0.15) is 0 Å². The summed E-state index contributed by atoms with van der Waals surface area (Å²) in [5.74, 6) is -1.45. The van der Waals surface area contributed by atoms with Gasteiger partial charge in [0.25, 0.3) is 0 Å². The number of hydrogen-bond acceptors (Lipinski definition) is 3. The van der Waals surface area contributed by atoms with Gasteiger partial charge >= 0.3 is 12.0 Å². The van der Waals surface area contributed by atoms with Crippen LogP contribution in [0.1, 0.15) is 26.7 Å². The Labute approximate surface area is 107 Å². The topological polar surface area (TPSA) is 78.9 Å². The predicted molar refractivity (Wildman–Crippen MR) is 66.4 cm³/mol. The third kappa shape index (κ3) is 4.18. The van der Waals surface area contributed by atoms with Gasteiger partial charge in [-0.05, 0) is 19.8 Å². The second kappa shape index (κ2) is 6.58. The van der Waals surface area contributed by atoms with E-state index < -0.39 is 11.9 Å². The molecule has 104 valence electrons. The molecule has 1 rings (SSSR count). The van der Waals surface area contributed by atoms with Crippen molar-refractivity contribution in [1.82, 2.24) is 10.2 Å². The summed E-state index contributed by atoms with van der Waals surface area (Å²) >= 11 is 0. The van der Waals surface area contributed by atoms with Crippen molar-refractivity contribution < 1.29 is 19.4 Å². The fraction of sp³-hybridized carbons (Fsp3) is 0.833. The van der Waals surface area contributed by atoms with Crippen LogP contribution in [0.4, 0.5) is 4.79 Å². The van der Waals surface area contributed by atoms with E-state index in [1.165, 1.54) is 4.90 Å². The van der Waals surface area contributed by atoms with Crippen LogP contribution in [0.5, 0.6) is 0 Å². The van der Waals surface area contributed by atoms with E-state index in [9.17, 15) is 9.59 Å². The van der Waals surface area contributed by atoms with Crippen molar-refractivity contribution in [3.63, 3.8) is 0 Å². The molecule has 0 aromatic rings. The first-order valence-electron chi connectivity index (χ1n) is 6.30. The Morgan fingerprint density at radius 2 is 2.11 bits per heavy atom. The molecule has 18 heavy (non-hydrogen) atoms. The van der Waals surface area contributed by atoms with E-state index in [0.717, 1.165) is 12.8 Å². The molecule has 0 aromatic heterocycles. The molecule has 6 nitrogen and oxygen atoms in total. The molecule has 1 saturated carbocycles. The van der Waals surface area contributed by atoms with E-state index in [2.05, 4.69) is 5.32 Å². The lowest BCUT2D eigenvalue weighted by atomic mass is 9.89. The Hall–Kier alpha value is -1.30. The summed E-state index contributed by atoms with van der Waals surface area (Å²) in [5, 5.41) is 11.6. The maximum absolute atomic E-state index is 11.7. The third-order valence-electron chi connectivity index (χ3n) is 3.14. The van der Waals surface area contributed by atoms with Crippen LogP contribution < -0.4 is 5.32 Å². The fourth-order valence-corrected chi connectivity index (χ4v) is 1.91. The summed E-state index contributed by atoms with van der Waals surface area (Å²) in [6.45, 7) is 4.44. The molecule has 1 aliphatic rings. The van der Waals surface area contributed by atoms with E-state index in [4.69, 9.17) is 9.84 Å². The number of nitrogens with zero attached hydrogens (tertiary/aromatic N) is 1. The lowest BCUT2D eigenvalue weighted by molar-refractivity contribution is -0.141. The van der Waals surface area contributed by atoms with Crippen molar-refractivity contribution in [3.8, 4) is 0 Å². The molecule has 2 N–H and O–H groups in total. The highest BCUT2D eigenvalue weighted by Crippen LogP contribution is 2.23. The maximum atomic E-state index is 11.7. The number of ether oxygens (including phenoxy) is 1. The molecule has 2 amide bonds. The van der Waals surface area contributed by atoms with E-state index in [-0.39, 0.29) is 24.7 Å². The molecule has 0 aromatic carbocycles. The zero-order chi connectivity index (χ0) is 13.7. The standard InChI is InChI=1S/C12H22N2O4/c1-4-18-10-5-9(6-10)13-12(17)14(3)7-8(2)11(15)16/h8-10H,4-7H2,1-3H3,(H,13,17)(H,15,16). The number of urea groups is 1. The largest absolute Gasteiger partial charge is 0.481 e. The third-order valence-corrected chi connectivity index (χ3v) is 3.14. The number of nitrogens with one attached hydrogen (secondary N) is 1. The van der Waals surface area contributed by atoms with Crippen LogP contribution in [0.15, 0.2) is 0 Å². The SMILES string of the molecule is CCOC1CC(NC(=O)N(C)CC(C)C(=O)O)C1. The molecule has 0 bridgehead atoms. The summed E-state index contributed by atoms with van der Waals surface area (Å²) in [4.78, 5) is 23.8. The fourth-order valence-electron chi connectivity index (χ4n) is 1.91. The first-order chi connectivity index (χ1) is 8.43. The lowest BCUT2D eigenvalue weighted by Gasteiger charge is -2.36. The molecular formula is C12H22N2O4. The highest BCUT2D eigenvalue weighted by molar-refractivity contribution is 5.76. The van der Waals surface area contributed by atoms with E-state index in [0.29, 0.717) is 6.61 Å². The minimum absolute atomic E-state index is 0.150. The van der Waals surface area contributed by atoms with Gasteiger partial charge < -0.3 is 20.1 Å². The second-order valence-corrected chi connectivity index (χ2v) is 4.81. The molecule has 0 spiro atoms.